The van der Waals surface area contributed by atoms with E-state index in [1.165, 1.54) is 0 Å². The average molecular weight is 286 g/mol. The van der Waals surface area contributed by atoms with Crippen LogP contribution in [-0.4, -0.2) is 57.1 Å². The first-order valence-corrected chi connectivity index (χ1v) is 7.62. The van der Waals surface area contributed by atoms with Crippen LogP contribution >= 0.6 is 0 Å². The van der Waals surface area contributed by atoms with E-state index in [2.05, 4.69) is 5.32 Å². The van der Waals surface area contributed by atoms with Crippen molar-refractivity contribution >= 4 is 5.91 Å². The zero-order valence-electron chi connectivity index (χ0n) is 12.0. The van der Waals surface area contributed by atoms with E-state index < -0.39 is 0 Å². The van der Waals surface area contributed by atoms with Crippen LogP contribution < -0.4 is 11.1 Å². The molecule has 0 radical (unpaired) electrons. The standard InChI is InChI=1S/C14H26N2O4/c15-9-11-4-5-13(20-11)14(17)16-6-2-7-18-10-12-3-1-8-19-12/h11-13H,1-10,15H2,(H,16,17). The Labute approximate surface area is 120 Å². The van der Waals surface area contributed by atoms with E-state index in [1.54, 1.807) is 0 Å². The summed E-state index contributed by atoms with van der Waals surface area (Å²) in [6, 6.07) is 0. The minimum atomic E-state index is -0.323. The first-order chi connectivity index (χ1) is 9.79. The average Bonchev–Trinajstić information content (AvgIpc) is 3.13. The predicted octanol–water partition coefficient (Wildman–Crippen LogP) is 0.195. The lowest BCUT2D eigenvalue weighted by Gasteiger charge is -2.13. The molecule has 0 aromatic heterocycles. The van der Waals surface area contributed by atoms with Gasteiger partial charge in [0.1, 0.15) is 6.10 Å². The number of amides is 1. The van der Waals surface area contributed by atoms with E-state index in [1.807, 2.05) is 0 Å². The lowest BCUT2D eigenvalue weighted by molar-refractivity contribution is -0.131. The highest BCUT2D eigenvalue weighted by Gasteiger charge is 2.29. The Morgan fingerprint density at radius 1 is 1.30 bits per heavy atom. The molecule has 0 saturated carbocycles. The van der Waals surface area contributed by atoms with Gasteiger partial charge in [-0.05, 0) is 32.1 Å². The number of nitrogens with two attached hydrogens (primary N) is 1. The number of hydrogen-bond acceptors (Lipinski definition) is 5. The summed E-state index contributed by atoms with van der Waals surface area (Å²) < 4.78 is 16.5. The lowest BCUT2D eigenvalue weighted by atomic mass is 10.2. The minimum absolute atomic E-state index is 0.0277. The summed E-state index contributed by atoms with van der Waals surface area (Å²) in [4.78, 5) is 11.8. The maximum Gasteiger partial charge on any atom is 0.249 e. The highest BCUT2D eigenvalue weighted by molar-refractivity contribution is 5.80. The third-order valence-electron chi connectivity index (χ3n) is 3.76. The Balaban J connectivity index is 1.45. The molecule has 0 aromatic rings. The Hall–Kier alpha value is -0.690. The van der Waals surface area contributed by atoms with Gasteiger partial charge in [0, 0.05) is 26.3 Å². The second-order valence-corrected chi connectivity index (χ2v) is 5.41. The Bertz CT molecular complexity index is 295. The van der Waals surface area contributed by atoms with Crippen LogP contribution in [0.1, 0.15) is 32.1 Å². The van der Waals surface area contributed by atoms with E-state index in [9.17, 15) is 4.79 Å². The summed E-state index contributed by atoms with van der Waals surface area (Å²) >= 11 is 0. The van der Waals surface area contributed by atoms with Crippen molar-refractivity contribution in [2.75, 3.05) is 32.9 Å². The molecule has 2 aliphatic rings. The first kappa shape index (κ1) is 15.7. The second kappa shape index (κ2) is 8.56. The van der Waals surface area contributed by atoms with Crippen LogP contribution in [0.5, 0.6) is 0 Å². The van der Waals surface area contributed by atoms with E-state index in [0.717, 1.165) is 38.7 Å². The maximum absolute atomic E-state index is 11.8. The molecule has 6 nitrogen and oxygen atoms in total. The third-order valence-corrected chi connectivity index (χ3v) is 3.76. The first-order valence-electron chi connectivity index (χ1n) is 7.62. The van der Waals surface area contributed by atoms with Crippen LogP contribution in [0.2, 0.25) is 0 Å². The molecule has 0 spiro atoms. The van der Waals surface area contributed by atoms with Crippen molar-refractivity contribution in [1.82, 2.24) is 5.32 Å². The molecule has 3 unspecified atom stereocenters. The van der Waals surface area contributed by atoms with Gasteiger partial charge in [-0.25, -0.2) is 0 Å². The third kappa shape index (κ3) is 5.01. The molecule has 2 rings (SSSR count). The minimum Gasteiger partial charge on any atom is -0.379 e. The summed E-state index contributed by atoms with van der Waals surface area (Å²) in [6.07, 6.45) is 4.67. The van der Waals surface area contributed by atoms with Crippen molar-refractivity contribution in [3.8, 4) is 0 Å². The molecule has 3 atom stereocenters. The smallest absolute Gasteiger partial charge is 0.249 e. The summed E-state index contributed by atoms with van der Waals surface area (Å²) in [5.41, 5.74) is 5.52. The molecule has 0 aromatic carbocycles. The number of nitrogens with one attached hydrogen (secondary N) is 1. The predicted molar refractivity (Wildman–Crippen MR) is 74.4 cm³/mol. The number of hydrogen-bond donors (Lipinski definition) is 2. The summed E-state index contributed by atoms with van der Waals surface area (Å²) in [5.74, 6) is -0.0277. The van der Waals surface area contributed by atoms with Crippen LogP contribution in [0, 0.1) is 0 Å². The lowest BCUT2D eigenvalue weighted by Crippen LogP contribution is -2.36. The van der Waals surface area contributed by atoms with Crippen molar-refractivity contribution in [3.05, 3.63) is 0 Å². The molecule has 6 heteroatoms. The van der Waals surface area contributed by atoms with Crippen molar-refractivity contribution in [3.63, 3.8) is 0 Å². The topological polar surface area (TPSA) is 82.8 Å². The molecule has 1 amide bonds. The van der Waals surface area contributed by atoms with Gasteiger partial charge in [-0.1, -0.05) is 0 Å². The maximum atomic E-state index is 11.8. The number of rotatable bonds is 8. The molecule has 2 aliphatic heterocycles. The largest absolute Gasteiger partial charge is 0.379 e. The van der Waals surface area contributed by atoms with E-state index in [0.29, 0.717) is 26.3 Å². The fraction of sp³-hybridized carbons (Fsp3) is 0.929. The highest BCUT2D eigenvalue weighted by atomic mass is 16.5. The number of ether oxygens (including phenoxy) is 3. The molecular weight excluding hydrogens is 260 g/mol. The summed E-state index contributed by atoms with van der Waals surface area (Å²) in [7, 11) is 0. The van der Waals surface area contributed by atoms with Crippen molar-refractivity contribution in [2.45, 2.75) is 50.4 Å². The van der Waals surface area contributed by atoms with Crippen LogP contribution in [0.3, 0.4) is 0 Å². The summed E-state index contributed by atoms with van der Waals surface area (Å²) in [5, 5.41) is 2.88. The van der Waals surface area contributed by atoms with Crippen LogP contribution in [0.15, 0.2) is 0 Å². The molecule has 3 N–H and O–H groups in total. The quantitative estimate of drug-likeness (QED) is 0.623. The van der Waals surface area contributed by atoms with Gasteiger partial charge in [0.05, 0.1) is 18.8 Å². The molecular formula is C14H26N2O4. The monoisotopic (exact) mass is 286 g/mol. The van der Waals surface area contributed by atoms with Gasteiger partial charge < -0.3 is 25.3 Å². The Morgan fingerprint density at radius 2 is 2.20 bits per heavy atom. The molecule has 0 aliphatic carbocycles. The fourth-order valence-electron chi connectivity index (χ4n) is 2.56. The van der Waals surface area contributed by atoms with Gasteiger partial charge in [-0.2, -0.15) is 0 Å². The van der Waals surface area contributed by atoms with Crippen molar-refractivity contribution in [2.24, 2.45) is 5.73 Å². The van der Waals surface area contributed by atoms with Crippen molar-refractivity contribution in [1.29, 1.82) is 0 Å². The Morgan fingerprint density at radius 3 is 2.90 bits per heavy atom. The van der Waals surface area contributed by atoms with Gasteiger partial charge >= 0.3 is 0 Å². The molecule has 2 fully saturated rings. The number of carbonyl (C=O) groups is 1. The molecule has 0 bridgehead atoms. The molecule has 2 heterocycles. The fourth-order valence-corrected chi connectivity index (χ4v) is 2.56. The van der Waals surface area contributed by atoms with Gasteiger partial charge in [-0.15, -0.1) is 0 Å². The highest BCUT2D eigenvalue weighted by Crippen LogP contribution is 2.18. The number of carbonyl (C=O) groups excluding carboxylic acids is 1. The van der Waals surface area contributed by atoms with Gasteiger partial charge in [0.2, 0.25) is 5.91 Å². The second-order valence-electron chi connectivity index (χ2n) is 5.41. The van der Waals surface area contributed by atoms with E-state index in [4.69, 9.17) is 19.9 Å². The zero-order chi connectivity index (χ0) is 14.2. The summed E-state index contributed by atoms with van der Waals surface area (Å²) in [6.45, 7) is 3.28. The normalized spacial score (nSPS) is 29.8. The molecule has 20 heavy (non-hydrogen) atoms. The Kier molecular flexibility index (Phi) is 6.72. The van der Waals surface area contributed by atoms with Crippen LogP contribution in [-0.2, 0) is 19.0 Å². The van der Waals surface area contributed by atoms with Gasteiger partial charge in [0.25, 0.3) is 0 Å². The van der Waals surface area contributed by atoms with Crippen molar-refractivity contribution < 1.29 is 19.0 Å². The molecule has 2 saturated heterocycles. The SMILES string of the molecule is NCC1CCC(C(=O)NCCCOCC2CCCO2)O1. The zero-order valence-corrected chi connectivity index (χ0v) is 12.0. The van der Waals surface area contributed by atoms with Gasteiger partial charge in [0.15, 0.2) is 0 Å². The van der Waals surface area contributed by atoms with Crippen LogP contribution in [0.25, 0.3) is 0 Å². The van der Waals surface area contributed by atoms with E-state index in [-0.39, 0.29) is 24.2 Å². The van der Waals surface area contributed by atoms with Gasteiger partial charge in [-0.3, -0.25) is 4.79 Å². The van der Waals surface area contributed by atoms with E-state index >= 15 is 0 Å². The van der Waals surface area contributed by atoms with Crippen LogP contribution in [0.4, 0.5) is 0 Å². The molecule has 116 valence electrons.